The zero-order valence-electron chi connectivity index (χ0n) is 17.0. The molecule has 0 aliphatic carbocycles. The van der Waals surface area contributed by atoms with E-state index >= 15 is 0 Å². The Morgan fingerprint density at radius 1 is 1.25 bits per heavy atom. The zero-order valence-corrected chi connectivity index (χ0v) is 17.0. The Kier molecular flexibility index (Phi) is 6.19. The Hall–Kier alpha value is -2.60. The predicted molar refractivity (Wildman–Crippen MR) is 108 cm³/mol. The quantitative estimate of drug-likeness (QED) is 0.541. The number of carbonyl (C=O) groups excluding carboxylic acids is 2. The van der Waals surface area contributed by atoms with Gasteiger partial charge in [-0.05, 0) is 51.0 Å². The molecule has 1 aromatic carbocycles. The number of anilines is 1. The number of ether oxygens (including phenoxy) is 2. The largest absolute Gasteiger partial charge is 0.454 e. The SMILES string of the molecule is Cc1cc(C(=O)COC(=O)c2cccc(N(C)C)c2)c(C)n1C[C@@H]1CCCO1. The predicted octanol–water partition coefficient (Wildman–Crippen LogP) is 3.39. The lowest BCUT2D eigenvalue weighted by Crippen LogP contribution is -2.18. The molecule has 1 saturated heterocycles. The summed E-state index contributed by atoms with van der Waals surface area (Å²) in [4.78, 5) is 26.9. The van der Waals surface area contributed by atoms with E-state index in [1.807, 2.05) is 45.0 Å². The summed E-state index contributed by atoms with van der Waals surface area (Å²) in [7, 11) is 3.81. The Labute approximate surface area is 166 Å². The van der Waals surface area contributed by atoms with Crippen molar-refractivity contribution in [3.8, 4) is 0 Å². The summed E-state index contributed by atoms with van der Waals surface area (Å²) >= 11 is 0. The van der Waals surface area contributed by atoms with E-state index < -0.39 is 5.97 Å². The summed E-state index contributed by atoms with van der Waals surface area (Å²) < 4.78 is 13.1. The highest BCUT2D eigenvalue weighted by atomic mass is 16.5. The van der Waals surface area contributed by atoms with Crippen molar-refractivity contribution in [1.29, 1.82) is 0 Å². The van der Waals surface area contributed by atoms with Gasteiger partial charge < -0.3 is 18.9 Å². The number of hydrogen-bond acceptors (Lipinski definition) is 5. The van der Waals surface area contributed by atoms with E-state index in [0.29, 0.717) is 11.1 Å². The topological polar surface area (TPSA) is 60.8 Å². The number of carbonyl (C=O) groups is 2. The van der Waals surface area contributed by atoms with Gasteiger partial charge in [0, 0.05) is 49.9 Å². The Bertz CT molecular complexity index is 863. The monoisotopic (exact) mass is 384 g/mol. The van der Waals surface area contributed by atoms with E-state index in [0.717, 1.165) is 43.1 Å². The lowest BCUT2D eigenvalue weighted by Gasteiger charge is -2.15. The molecule has 0 bridgehead atoms. The van der Waals surface area contributed by atoms with Crippen LogP contribution in [0.3, 0.4) is 0 Å². The maximum atomic E-state index is 12.6. The highest BCUT2D eigenvalue weighted by Crippen LogP contribution is 2.21. The minimum absolute atomic E-state index is 0.191. The van der Waals surface area contributed by atoms with Crippen LogP contribution in [0.5, 0.6) is 0 Å². The van der Waals surface area contributed by atoms with Crippen LogP contribution in [0.4, 0.5) is 5.69 Å². The molecule has 1 aliphatic rings. The van der Waals surface area contributed by atoms with Crippen molar-refractivity contribution in [3.05, 3.63) is 52.8 Å². The van der Waals surface area contributed by atoms with Gasteiger partial charge in [0.1, 0.15) is 0 Å². The van der Waals surface area contributed by atoms with Crippen LogP contribution in [0, 0.1) is 13.8 Å². The van der Waals surface area contributed by atoms with Crippen LogP contribution in [0.25, 0.3) is 0 Å². The van der Waals surface area contributed by atoms with Crippen molar-refractivity contribution in [2.24, 2.45) is 0 Å². The van der Waals surface area contributed by atoms with Gasteiger partial charge in [-0.2, -0.15) is 0 Å². The van der Waals surface area contributed by atoms with Gasteiger partial charge in [0.25, 0.3) is 0 Å². The second-order valence-electron chi connectivity index (χ2n) is 7.47. The number of aromatic nitrogens is 1. The van der Waals surface area contributed by atoms with Crippen LogP contribution in [-0.2, 0) is 16.0 Å². The average molecular weight is 384 g/mol. The van der Waals surface area contributed by atoms with E-state index in [9.17, 15) is 9.59 Å². The molecule has 6 heteroatoms. The van der Waals surface area contributed by atoms with E-state index in [-0.39, 0.29) is 18.5 Å². The third-order valence-electron chi connectivity index (χ3n) is 5.22. The number of ketones is 1. The number of Topliss-reactive ketones (excluding diaryl/α,β-unsaturated/α-hetero) is 1. The van der Waals surface area contributed by atoms with Gasteiger partial charge in [0.05, 0.1) is 11.7 Å². The lowest BCUT2D eigenvalue weighted by atomic mass is 10.1. The Morgan fingerprint density at radius 2 is 2.04 bits per heavy atom. The van der Waals surface area contributed by atoms with Crippen molar-refractivity contribution in [2.45, 2.75) is 39.3 Å². The Balaban J connectivity index is 1.65. The molecule has 0 N–H and O–H groups in total. The zero-order chi connectivity index (χ0) is 20.3. The molecule has 0 amide bonds. The number of nitrogens with zero attached hydrogens (tertiary/aromatic N) is 2. The molecule has 1 aliphatic heterocycles. The van der Waals surface area contributed by atoms with E-state index in [2.05, 4.69) is 4.57 Å². The lowest BCUT2D eigenvalue weighted by molar-refractivity contribution is 0.0474. The first-order chi connectivity index (χ1) is 13.4. The minimum Gasteiger partial charge on any atom is -0.454 e. The molecule has 1 fully saturated rings. The number of benzene rings is 1. The molecule has 28 heavy (non-hydrogen) atoms. The summed E-state index contributed by atoms with van der Waals surface area (Å²) in [5.74, 6) is -0.686. The highest BCUT2D eigenvalue weighted by Gasteiger charge is 2.22. The van der Waals surface area contributed by atoms with Gasteiger partial charge in [-0.15, -0.1) is 0 Å². The molecule has 1 atom stereocenters. The van der Waals surface area contributed by atoms with Crippen molar-refractivity contribution in [2.75, 3.05) is 32.2 Å². The van der Waals surface area contributed by atoms with E-state index in [1.165, 1.54) is 0 Å². The van der Waals surface area contributed by atoms with Crippen LogP contribution in [0.2, 0.25) is 0 Å². The summed E-state index contributed by atoms with van der Waals surface area (Å²) in [6, 6.07) is 9.01. The molecule has 2 aromatic rings. The standard InChI is InChI=1S/C22H28N2O4/c1-15-11-20(16(2)24(15)13-19-9-6-10-27-19)21(25)14-28-22(26)17-7-5-8-18(12-17)23(3)4/h5,7-8,11-12,19H,6,9-10,13-14H2,1-4H3/t19-/m0/s1. The first kappa shape index (κ1) is 20.1. The van der Waals surface area contributed by atoms with Gasteiger partial charge in [-0.25, -0.2) is 4.79 Å². The average Bonchev–Trinajstić information content (AvgIpc) is 3.29. The third-order valence-corrected chi connectivity index (χ3v) is 5.22. The number of rotatable bonds is 7. The molecular weight excluding hydrogens is 356 g/mol. The first-order valence-electron chi connectivity index (χ1n) is 9.63. The number of hydrogen-bond donors (Lipinski definition) is 0. The van der Waals surface area contributed by atoms with Crippen LogP contribution < -0.4 is 4.90 Å². The fourth-order valence-corrected chi connectivity index (χ4v) is 3.56. The highest BCUT2D eigenvalue weighted by molar-refractivity contribution is 6.00. The van der Waals surface area contributed by atoms with Crippen LogP contribution in [0.1, 0.15) is 44.9 Å². The molecule has 0 saturated carbocycles. The molecule has 0 spiro atoms. The van der Waals surface area contributed by atoms with Crippen LogP contribution >= 0.6 is 0 Å². The molecule has 1 aromatic heterocycles. The second kappa shape index (κ2) is 8.61. The van der Waals surface area contributed by atoms with Crippen molar-refractivity contribution in [1.82, 2.24) is 4.57 Å². The molecule has 3 rings (SSSR count). The second-order valence-corrected chi connectivity index (χ2v) is 7.47. The molecule has 6 nitrogen and oxygen atoms in total. The summed E-state index contributed by atoms with van der Waals surface area (Å²) in [6.07, 6.45) is 2.33. The summed E-state index contributed by atoms with van der Waals surface area (Å²) in [5.41, 5.74) is 3.84. The molecule has 150 valence electrons. The fourth-order valence-electron chi connectivity index (χ4n) is 3.56. The van der Waals surface area contributed by atoms with Gasteiger partial charge in [0.15, 0.2) is 6.61 Å². The molecule has 2 heterocycles. The normalized spacial score (nSPS) is 16.2. The number of esters is 1. The van der Waals surface area contributed by atoms with Crippen molar-refractivity contribution >= 4 is 17.4 Å². The van der Waals surface area contributed by atoms with Crippen molar-refractivity contribution < 1.29 is 19.1 Å². The van der Waals surface area contributed by atoms with Crippen molar-refractivity contribution in [3.63, 3.8) is 0 Å². The molecule has 0 radical (unpaired) electrons. The van der Waals surface area contributed by atoms with Gasteiger partial charge >= 0.3 is 5.97 Å². The van der Waals surface area contributed by atoms with Crippen LogP contribution in [0.15, 0.2) is 30.3 Å². The summed E-state index contributed by atoms with van der Waals surface area (Å²) in [6.45, 7) is 5.20. The van der Waals surface area contributed by atoms with E-state index in [4.69, 9.17) is 9.47 Å². The first-order valence-corrected chi connectivity index (χ1v) is 9.63. The van der Waals surface area contributed by atoms with Gasteiger partial charge in [-0.3, -0.25) is 4.79 Å². The van der Waals surface area contributed by atoms with Crippen LogP contribution in [-0.4, -0.2) is 49.7 Å². The van der Waals surface area contributed by atoms with E-state index in [1.54, 1.807) is 18.2 Å². The van der Waals surface area contributed by atoms with Gasteiger partial charge in [0.2, 0.25) is 5.78 Å². The number of aryl methyl sites for hydroxylation is 1. The smallest absolute Gasteiger partial charge is 0.338 e. The minimum atomic E-state index is -0.495. The fraction of sp³-hybridized carbons (Fsp3) is 0.455. The van der Waals surface area contributed by atoms with Gasteiger partial charge in [-0.1, -0.05) is 6.07 Å². The maximum Gasteiger partial charge on any atom is 0.338 e. The third kappa shape index (κ3) is 4.44. The summed E-state index contributed by atoms with van der Waals surface area (Å²) in [5, 5.41) is 0. The molecular formula is C22H28N2O4. The Morgan fingerprint density at radius 3 is 2.71 bits per heavy atom. The maximum absolute atomic E-state index is 12.6. The molecule has 0 unspecified atom stereocenters.